The zero-order valence-corrected chi connectivity index (χ0v) is 10.2. The van der Waals surface area contributed by atoms with Crippen molar-refractivity contribution in [3.8, 4) is 6.07 Å². The number of nitrogens with zero attached hydrogens (tertiary/aromatic N) is 1. The minimum absolute atomic E-state index is 0.0929. The lowest BCUT2D eigenvalue weighted by molar-refractivity contribution is -0.126. The summed E-state index contributed by atoms with van der Waals surface area (Å²) in [7, 11) is 0. The Hall–Kier alpha value is -1.04. The van der Waals surface area contributed by atoms with Gasteiger partial charge < -0.3 is 5.32 Å². The first-order valence-electron chi connectivity index (χ1n) is 6.48. The summed E-state index contributed by atoms with van der Waals surface area (Å²) in [6.45, 7) is 1.92. The fourth-order valence-corrected chi connectivity index (χ4v) is 2.23. The van der Waals surface area contributed by atoms with Crippen molar-refractivity contribution in [3.05, 3.63) is 0 Å². The van der Waals surface area contributed by atoms with Gasteiger partial charge in [0.15, 0.2) is 0 Å². The van der Waals surface area contributed by atoms with E-state index in [1.165, 1.54) is 19.3 Å². The van der Waals surface area contributed by atoms with E-state index in [9.17, 15) is 4.79 Å². The Morgan fingerprint density at radius 1 is 1.31 bits per heavy atom. The molecule has 1 unspecified atom stereocenters. The average molecular weight is 222 g/mol. The molecule has 16 heavy (non-hydrogen) atoms. The lowest BCUT2D eigenvalue weighted by Crippen LogP contribution is -2.38. The van der Waals surface area contributed by atoms with Crippen LogP contribution in [0.3, 0.4) is 0 Å². The first-order valence-corrected chi connectivity index (χ1v) is 6.48. The first-order chi connectivity index (χ1) is 7.77. The fourth-order valence-electron chi connectivity index (χ4n) is 2.23. The zero-order chi connectivity index (χ0) is 11.8. The molecule has 0 aliphatic heterocycles. The lowest BCUT2D eigenvalue weighted by Gasteiger charge is -2.20. The first kappa shape index (κ1) is 13.0. The van der Waals surface area contributed by atoms with Gasteiger partial charge in [-0.05, 0) is 19.3 Å². The van der Waals surface area contributed by atoms with Gasteiger partial charge in [0.1, 0.15) is 6.04 Å². The number of nitrogens with one attached hydrogen (secondary N) is 1. The van der Waals surface area contributed by atoms with Crippen LogP contribution in [-0.2, 0) is 4.79 Å². The van der Waals surface area contributed by atoms with E-state index in [1.54, 1.807) is 0 Å². The molecule has 1 amide bonds. The summed E-state index contributed by atoms with van der Waals surface area (Å²) < 4.78 is 0. The summed E-state index contributed by atoms with van der Waals surface area (Å²) in [4.78, 5) is 11.9. The van der Waals surface area contributed by atoms with Gasteiger partial charge in [0.2, 0.25) is 5.91 Å². The van der Waals surface area contributed by atoms with Crippen molar-refractivity contribution in [2.24, 2.45) is 5.92 Å². The highest BCUT2D eigenvalue weighted by molar-refractivity contribution is 5.79. The molecule has 0 aromatic heterocycles. The highest BCUT2D eigenvalue weighted by Gasteiger charge is 2.21. The maximum atomic E-state index is 11.9. The highest BCUT2D eigenvalue weighted by atomic mass is 16.1. The third-order valence-electron chi connectivity index (χ3n) is 3.36. The van der Waals surface area contributed by atoms with Crippen LogP contribution in [-0.4, -0.2) is 11.9 Å². The second kappa shape index (κ2) is 7.27. The van der Waals surface area contributed by atoms with E-state index in [-0.39, 0.29) is 17.9 Å². The average Bonchev–Trinajstić information content (AvgIpc) is 2.25. The maximum Gasteiger partial charge on any atom is 0.224 e. The molecule has 1 atom stereocenters. The van der Waals surface area contributed by atoms with Crippen LogP contribution in [0.15, 0.2) is 0 Å². The molecule has 1 aliphatic rings. The molecule has 1 saturated carbocycles. The van der Waals surface area contributed by atoms with E-state index >= 15 is 0 Å². The standard InChI is InChI=1S/C13H22N2O/c1-2-12(10-14)15-13(16)11-8-6-4-3-5-7-9-11/h11-12H,2-9H2,1H3,(H,15,16). The van der Waals surface area contributed by atoms with Crippen LogP contribution in [0.25, 0.3) is 0 Å². The van der Waals surface area contributed by atoms with Gasteiger partial charge in [0.25, 0.3) is 0 Å². The number of carbonyl (C=O) groups is 1. The van der Waals surface area contributed by atoms with Gasteiger partial charge in [-0.2, -0.15) is 5.26 Å². The number of nitriles is 1. The van der Waals surface area contributed by atoms with Crippen LogP contribution >= 0.6 is 0 Å². The predicted molar refractivity (Wildman–Crippen MR) is 63.6 cm³/mol. The van der Waals surface area contributed by atoms with Gasteiger partial charge in [0, 0.05) is 5.92 Å². The normalized spacial score (nSPS) is 20.2. The molecule has 1 fully saturated rings. The third kappa shape index (κ3) is 4.22. The molecule has 90 valence electrons. The second-order valence-electron chi connectivity index (χ2n) is 4.64. The smallest absolute Gasteiger partial charge is 0.224 e. The summed E-state index contributed by atoms with van der Waals surface area (Å²) >= 11 is 0. The van der Waals surface area contributed by atoms with Gasteiger partial charge in [-0.15, -0.1) is 0 Å². The molecule has 0 bridgehead atoms. The quantitative estimate of drug-likeness (QED) is 0.798. The molecule has 0 radical (unpaired) electrons. The molecule has 0 aromatic rings. The van der Waals surface area contributed by atoms with Crippen molar-refractivity contribution >= 4 is 5.91 Å². The second-order valence-corrected chi connectivity index (χ2v) is 4.64. The van der Waals surface area contributed by atoms with E-state index in [1.807, 2.05) is 6.92 Å². The molecule has 3 nitrogen and oxygen atoms in total. The number of hydrogen-bond donors (Lipinski definition) is 1. The van der Waals surface area contributed by atoms with E-state index in [4.69, 9.17) is 5.26 Å². The Kier molecular flexibility index (Phi) is 5.92. The Bertz CT molecular complexity index is 249. The summed E-state index contributed by atoms with van der Waals surface area (Å²) in [5.41, 5.74) is 0. The number of hydrogen-bond acceptors (Lipinski definition) is 2. The SMILES string of the molecule is CCC(C#N)NC(=O)C1CCCCCCC1. The highest BCUT2D eigenvalue weighted by Crippen LogP contribution is 2.22. The molecular formula is C13H22N2O. The van der Waals surface area contributed by atoms with Crippen molar-refractivity contribution in [2.45, 2.75) is 64.3 Å². The molecule has 1 rings (SSSR count). The number of amides is 1. The minimum Gasteiger partial charge on any atom is -0.340 e. The van der Waals surface area contributed by atoms with Crippen molar-refractivity contribution in [1.82, 2.24) is 5.32 Å². The zero-order valence-electron chi connectivity index (χ0n) is 10.2. The van der Waals surface area contributed by atoms with E-state index < -0.39 is 0 Å². The van der Waals surface area contributed by atoms with Gasteiger partial charge in [-0.25, -0.2) is 0 Å². The Morgan fingerprint density at radius 2 is 1.88 bits per heavy atom. The summed E-state index contributed by atoms with van der Waals surface area (Å²) in [6, 6.07) is 1.81. The molecule has 0 heterocycles. The van der Waals surface area contributed by atoms with Crippen LogP contribution < -0.4 is 5.32 Å². The summed E-state index contributed by atoms with van der Waals surface area (Å²) in [5.74, 6) is 0.234. The van der Waals surface area contributed by atoms with Crippen LogP contribution in [0.1, 0.15) is 58.3 Å². The fraction of sp³-hybridized carbons (Fsp3) is 0.846. The molecular weight excluding hydrogens is 200 g/mol. The van der Waals surface area contributed by atoms with Crippen LogP contribution in [0.4, 0.5) is 0 Å². The third-order valence-corrected chi connectivity index (χ3v) is 3.36. The Morgan fingerprint density at radius 3 is 2.38 bits per heavy atom. The van der Waals surface area contributed by atoms with Gasteiger partial charge >= 0.3 is 0 Å². The lowest BCUT2D eigenvalue weighted by atomic mass is 9.90. The van der Waals surface area contributed by atoms with Crippen molar-refractivity contribution in [2.75, 3.05) is 0 Å². The van der Waals surface area contributed by atoms with Crippen LogP contribution in [0.5, 0.6) is 0 Å². The molecule has 0 spiro atoms. The minimum atomic E-state index is -0.307. The van der Waals surface area contributed by atoms with E-state index in [0.717, 1.165) is 25.7 Å². The monoisotopic (exact) mass is 222 g/mol. The Balaban J connectivity index is 2.41. The van der Waals surface area contributed by atoms with Gasteiger partial charge in [-0.1, -0.05) is 39.0 Å². The van der Waals surface area contributed by atoms with E-state index in [0.29, 0.717) is 6.42 Å². The molecule has 0 saturated heterocycles. The number of carbonyl (C=O) groups excluding carboxylic acids is 1. The molecule has 3 heteroatoms. The molecule has 1 N–H and O–H groups in total. The maximum absolute atomic E-state index is 11.9. The predicted octanol–water partition coefficient (Wildman–Crippen LogP) is 2.77. The number of rotatable bonds is 3. The molecule has 0 aromatic carbocycles. The molecule has 1 aliphatic carbocycles. The van der Waals surface area contributed by atoms with Crippen molar-refractivity contribution in [1.29, 1.82) is 5.26 Å². The van der Waals surface area contributed by atoms with Gasteiger partial charge in [-0.3, -0.25) is 4.79 Å². The Labute approximate surface area is 98.2 Å². The van der Waals surface area contributed by atoms with Gasteiger partial charge in [0.05, 0.1) is 6.07 Å². The van der Waals surface area contributed by atoms with E-state index in [2.05, 4.69) is 11.4 Å². The van der Waals surface area contributed by atoms with Crippen LogP contribution in [0, 0.1) is 17.2 Å². The van der Waals surface area contributed by atoms with Crippen LogP contribution in [0.2, 0.25) is 0 Å². The topological polar surface area (TPSA) is 52.9 Å². The van der Waals surface area contributed by atoms with Crippen molar-refractivity contribution in [3.63, 3.8) is 0 Å². The summed E-state index contributed by atoms with van der Waals surface area (Å²) in [5, 5.41) is 11.6. The summed E-state index contributed by atoms with van der Waals surface area (Å²) in [6.07, 6.45) is 8.79. The van der Waals surface area contributed by atoms with Crippen molar-refractivity contribution < 1.29 is 4.79 Å². The largest absolute Gasteiger partial charge is 0.340 e.